The Labute approximate surface area is 90.8 Å². The number of aromatic carboxylic acids is 1. The molecule has 1 N–H and O–H groups in total. The van der Waals surface area contributed by atoms with Gasteiger partial charge in [-0.1, -0.05) is 0 Å². The Morgan fingerprint density at radius 3 is 2.80 bits per heavy atom. The van der Waals surface area contributed by atoms with Crippen LogP contribution in [0.4, 0.5) is 0 Å². The van der Waals surface area contributed by atoms with Crippen LogP contribution < -0.4 is 0 Å². The van der Waals surface area contributed by atoms with Crippen LogP contribution in [0.1, 0.15) is 15.2 Å². The standard InChI is InChI=1S/C10H10N2O2S/c1-6-3-8(10(13)14)15-9(6)7-4-11-12(2)5-7/h3-5H,1-2H3,(H,13,14). The molecule has 2 heterocycles. The van der Waals surface area contributed by atoms with Gasteiger partial charge in [0, 0.05) is 23.7 Å². The molecule has 0 unspecified atom stereocenters. The van der Waals surface area contributed by atoms with Gasteiger partial charge < -0.3 is 5.11 Å². The molecule has 0 spiro atoms. The van der Waals surface area contributed by atoms with E-state index in [1.54, 1.807) is 16.9 Å². The van der Waals surface area contributed by atoms with Crippen LogP contribution in [0.3, 0.4) is 0 Å². The fourth-order valence-electron chi connectivity index (χ4n) is 1.41. The summed E-state index contributed by atoms with van der Waals surface area (Å²) in [7, 11) is 1.84. The molecule has 0 fully saturated rings. The molecule has 78 valence electrons. The molecule has 0 atom stereocenters. The molecular weight excluding hydrogens is 212 g/mol. The molecule has 2 aromatic heterocycles. The van der Waals surface area contributed by atoms with E-state index in [0.29, 0.717) is 4.88 Å². The number of carboxylic acid groups (broad SMARTS) is 1. The molecule has 0 aliphatic carbocycles. The normalized spacial score (nSPS) is 10.5. The third kappa shape index (κ3) is 1.78. The Morgan fingerprint density at radius 2 is 2.33 bits per heavy atom. The summed E-state index contributed by atoms with van der Waals surface area (Å²) in [5, 5.41) is 12.9. The van der Waals surface area contributed by atoms with Crippen molar-refractivity contribution in [3.8, 4) is 10.4 Å². The van der Waals surface area contributed by atoms with Gasteiger partial charge in [0.1, 0.15) is 4.88 Å². The minimum atomic E-state index is -0.877. The van der Waals surface area contributed by atoms with Crippen LogP contribution in [0, 0.1) is 6.92 Å². The average Bonchev–Trinajstić information content (AvgIpc) is 2.71. The first-order valence-electron chi connectivity index (χ1n) is 4.40. The molecule has 4 nitrogen and oxygen atoms in total. The maximum absolute atomic E-state index is 10.8. The van der Waals surface area contributed by atoms with Crippen molar-refractivity contribution in [2.24, 2.45) is 7.05 Å². The lowest BCUT2D eigenvalue weighted by Gasteiger charge is -1.91. The van der Waals surface area contributed by atoms with Gasteiger partial charge in [-0.05, 0) is 18.6 Å². The minimum absolute atomic E-state index is 0.367. The van der Waals surface area contributed by atoms with Gasteiger partial charge in [0.15, 0.2) is 0 Å². The van der Waals surface area contributed by atoms with E-state index < -0.39 is 5.97 Å². The number of nitrogens with zero attached hydrogens (tertiary/aromatic N) is 2. The van der Waals surface area contributed by atoms with Crippen molar-refractivity contribution in [2.75, 3.05) is 0 Å². The van der Waals surface area contributed by atoms with Crippen molar-refractivity contribution in [3.63, 3.8) is 0 Å². The highest BCUT2D eigenvalue weighted by molar-refractivity contribution is 7.17. The van der Waals surface area contributed by atoms with Crippen LogP contribution >= 0.6 is 11.3 Å². The Kier molecular flexibility index (Phi) is 2.32. The highest BCUT2D eigenvalue weighted by Crippen LogP contribution is 2.31. The zero-order valence-electron chi connectivity index (χ0n) is 8.39. The third-order valence-electron chi connectivity index (χ3n) is 2.10. The Morgan fingerprint density at radius 1 is 1.60 bits per heavy atom. The summed E-state index contributed by atoms with van der Waals surface area (Å²) in [6.07, 6.45) is 3.62. The monoisotopic (exact) mass is 222 g/mol. The summed E-state index contributed by atoms with van der Waals surface area (Å²) in [4.78, 5) is 12.1. The van der Waals surface area contributed by atoms with Gasteiger partial charge in [0.25, 0.3) is 0 Å². The second-order valence-electron chi connectivity index (χ2n) is 3.33. The lowest BCUT2D eigenvalue weighted by atomic mass is 10.2. The van der Waals surface area contributed by atoms with E-state index in [9.17, 15) is 4.79 Å². The molecule has 2 rings (SSSR count). The maximum Gasteiger partial charge on any atom is 0.345 e. The highest BCUT2D eigenvalue weighted by atomic mass is 32.1. The van der Waals surface area contributed by atoms with Crippen LogP contribution in [-0.4, -0.2) is 20.9 Å². The molecule has 0 aliphatic rings. The zero-order chi connectivity index (χ0) is 11.0. The van der Waals surface area contributed by atoms with Crippen LogP contribution in [0.5, 0.6) is 0 Å². The van der Waals surface area contributed by atoms with Gasteiger partial charge in [0.2, 0.25) is 0 Å². The Bertz CT molecular complexity index is 513. The summed E-state index contributed by atoms with van der Waals surface area (Å²) in [6, 6.07) is 1.69. The lowest BCUT2D eigenvalue weighted by Crippen LogP contribution is -1.89. The number of hydrogen-bond acceptors (Lipinski definition) is 3. The van der Waals surface area contributed by atoms with Gasteiger partial charge in [0.05, 0.1) is 6.20 Å². The predicted octanol–water partition coefficient (Wildman–Crippen LogP) is 2.16. The van der Waals surface area contributed by atoms with Gasteiger partial charge in [-0.2, -0.15) is 5.10 Å². The number of aryl methyl sites for hydroxylation is 2. The number of carbonyl (C=O) groups is 1. The summed E-state index contributed by atoms with van der Waals surface area (Å²) >= 11 is 1.28. The van der Waals surface area contributed by atoms with Gasteiger partial charge in [-0.3, -0.25) is 4.68 Å². The van der Waals surface area contributed by atoms with Gasteiger partial charge in [-0.15, -0.1) is 11.3 Å². The quantitative estimate of drug-likeness (QED) is 0.847. The Balaban J connectivity index is 2.49. The SMILES string of the molecule is Cc1cc(C(=O)O)sc1-c1cnn(C)c1. The maximum atomic E-state index is 10.8. The van der Waals surface area contributed by atoms with E-state index in [0.717, 1.165) is 16.0 Å². The largest absolute Gasteiger partial charge is 0.477 e. The van der Waals surface area contributed by atoms with E-state index in [-0.39, 0.29) is 0 Å². The minimum Gasteiger partial charge on any atom is -0.477 e. The van der Waals surface area contributed by atoms with Crippen molar-refractivity contribution in [1.29, 1.82) is 0 Å². The van der Waals surface area contributed by atoms with Crippen LogP contribution in [0.2, 0.25) is 0 Å². The van der Waals surface area contributed by atoms with Gasteiger partial charge in [-0.25, -0.2) is 4.79 Å². The molecule has 0 aromatic carbocycles. The van der Waals surface area contributed by atoms with Crippen LogP contribution in [0.25, 0.3) is 10.4 Å². The number of rotatable bonds is 2. The molecule has 0 saturated heterocycles. The smallest absolute Gasteiger partial charge is 0.345 e. The van der Waals surface area contributed by atoms with E-state index in [1.165, 1.54) is 11.3 Å². The molecule has 5 heteroatoms. The van der Waals surface area contributed by atoms with Crippen LogP contribution in [0.15, 0.2) is 18.5 Å². The highest BCUT2D eigenvalue weighted by Gasteiger charge is 2.13. The van der Waals surface area contributed by atoms with Crippen molar-refractivity contribution < 1.29 is 9.90 Å². The topological polar surface area (TPSA) is 55.1 Å². The average molecular weight is 222 g/mol. The number of aromatic nitrogens is 2. The van der Waals surface area contributed by atoms with E-state index in [2.05, 4.69) is 5.10 Å². The van der Waals surface area contributed by atoms with Crippen molar-refractivity contribution in [2.45, 2.75) is 6.92 Å². The second-order valence-corrected chi connectivity index (χ2v) is 4.38. The molecular formula is C10H10N2O2S. The molecule has 0 radical (unpaired) electrons. The lowest BCUT2D eigenvalue weighted by molar-refractivity contribution is 0.0702. The number of thiophene rings is 1. The fraction of sp³-hybridized carbons (Fsp3) is 0.200. The first-order valence-corrected chi connectivity index (χ1v) is 5.22. The summed E-state index contributed by atoms with van der Waals surface area (Å²) in [5.74, 6) is -0.877. The van der Waals surface area contributed by atoms with Crippen molar-refractivity contribution in [1.82, 2.24) is 9.78 Å². The van der Waals surface area contributed by atoms with Crippen LogP contribution in [-0.2, 0) is 7.05 Å². The Hall–Kier alpha value is -1.62. The molecule has 0 bridgehead atoms. The predicted molar refractivity (Wildman–Crippen MR) is 58.2 cm³/mol. The molecule has 0 aliphatic heterocycles. The van der Waals surface area contributed by atoms with Gasteiger partial charge >= 0.3 is 5.97 Å². The van der Waals surface area contributed by atoms with E-state index >= 15 is 0 Å². The van der Waals surface area contributed by atoms with Crippen molar-refractivity contribution >= 4 is 17.3 Å². The molecule has 2 aromatic rings. The fourth-order valence-corrected chi connectivity index (χ4v) is 2.40. The summed E-state index contributed by atoms with van der Waals surface area (Å²) in [6.45, 7) is 1.91. The summed E-state index contributed by atoms with van der Waals surface area (Å²) in [5.41, 5.74) is 1.94. The first-order chi connectivity index (χ1) is 7.08. The van der Waals surface area contributed by atoms with E-state index in [4.69, 9.17) is 5.11 Å². The number of carboxylic acids is 1. The number of hydrogen-bond donors (Lipinski definition) is 1. The zero-order valence-corrected chi connectivity index (χ0v) is 9.21. The molecule has 0 saturated carbocycles. The van der Waals surface area contributed by atoms with E-state index in [1.807, 2.05) is 20.2 Å². The molecule has 15 heavy (non-hydrogen) atoms. The summed E-state index contributed by atoms with van der Waals surface area (Å²) < 4.78 is 1.70. The molecule has 0 amide bonds. The third-order valence-corrected chi connectivity index (χ3v) is 3.37. The van der Waals surface area contributed by atoms with Crippen molar-refractivity contribution in [3.05, 3.63) is 28.9 Å². The second kappa shape index (κ2) is 3.51. The first kappa shape index (κ1) is 9.92.